The van der Waals surface area contributed by atoms with E-state index in [2.05, 4.69) is 15.0 Å². The summed E-state index contributed by atoms with van der Waals surface area (Å²) in [6.45, 7) is 1.72. The Labute approximate surface area is 115 Å². The smallest absolute Gasteiger partial charge is 0.269 e. The second kappa shape index (κ2) is 4.70. The number of hydrogen-bond acceptors (Lipinski definition) is 4. The van der Waals surface area contributed by atoms with Crippen LogP contribution in [0, 0.1) is 6.92 Å². The number of carbonyl (C=O) groups is 1. The first-order valence-electron chi connectivity index (χ1n) is 6.14. The second-order valence-electron chi connectivity index (χ2n) is 4.43. The molecule has 0 spiro atoms. The highest BCUT2D eigenvalue weighted by Crippen LogP contribution is 2.25. The van der Waals surface area contributed by atoms with Crippen LogP contribution in [-0.2, 0) is 0 Å². The molecule has 0 unspecified atom stereocenters. The van der Waals surface area contributed by atoms with Gasteiger partial charge < -0.3 is 5.73 Å². The number of nitrogens with two attached hydrogens (primary N) is 1. The van der Waals surface area contributed by atoms with Crippen molar-refractivity contribution in [1.29, 1.82) is 0 Å². The number of hydrogen-bond donors (Lipinski definition) is 1. The Bertz CT molecular complexity index is 809. The van der Waals surface area contributed by atoms with Crippen LogP contribution in [0.25, 0.3) is 22.2 Å². The van der Waals surface area contributed by atoms with Crippen molar-refractivity contribution < 1.29 is 4.79 Å². The second-order valence-corrected chi connectivity index (χ2v) is 4.43. The number of aryl methyl sites for hydroxylation is 1. The fraction of sp³-hybridized carbons (Fsp3) is 0.0667. The molecule has 2 heterocycles. The average molecular weight is 264 g/mol. The molecular weight excluding hydrogens is 252 g/mol. The van der Waals surface area contributed by atoms with Crippen molar-refractivity contribution in [3.8, 4) is 11.3 Å². The molecule has 0 aliphatic carbocycles. The Kier molecular flexibility index (Phi) is 2.87. The molecule has 0 aliphatic rings. The van der Waals surface area contributed by atoms with Crippen LogP contribution in [0.3, 0.4) is 0 Å². The van der Waals surface area contributed by atoms with Gasteiger partial charge in [-0.05, 0) is 19.1 Å². The van der Waals surface area contributed by atoms with Gasteiger partial charge >= 0.3 is 0 Å². The molecule has 5 heteroatoms. The minimum atomic E-state index is -0.568. The van der Waals surface area contributed by atoms with Crippen LogP contribution in [-0.4, -0.2) is 20.9 Å². The van der Waals surface area contributed by atoms with E-state index in [1.54, 1.807) is 19.3 Å². The summed E-state index contributed by atoms with van der Waals surface area (Å²) in [6.07, 6.45) is 3.31. The van der Waals surface area contributed by atoms with Crippen LogP contribution >= 0.6 is 0 Å². The maximum atomic E-state index is 11.2. The summed E-state index contributed by atoms with van der Waals surface area (Å²) in [5.41, 5.74) is 8.49. The highest BCUT2D eigenvalue weighted by Gasteiger charge is 2.11. The molecule has 0 radical (unpaired) electrons. The van der Waals surface area contributed by atoms with Crippen molar-refractivity contribution in [2.75, 3.05) is 0 Å². The van der Waals surface area contributed by atoms with Crippen molar-refractivity contribution in [1.82, 2.24) is 15.0 Å². The van der Waals surface area contributed by atoms with E-state index < -0.39 is 5.91 Å². The van der Waals surface area contributed by atoms with Gasteiger partial charge in [-0.25, -0.2) is 9.97 Å². The number of carbonyl (C=O) groups excluding carboxylic acids is 1. The number of aromatic nitrogens is 3. The van der Waals surface area contributed by atoms with Crippen molar-refractivity contribution in [3.05, 3.63) is 54.1 Å². The third-order valence-electron chi connectivity index (χ3n) is 3.10. The number of nitrogens with zero attached hydrogens (tertiary/aromatic N) is 3. The average Bonchev–Trinajstić information content (AvgIpc) is 2.46. The molecule has 98 valence electrons. The van der Waals surface area contributed by atoms with E-state index in [1.807, 2.05) is 30.3 Å². The lowest BCUT2D eigenvalue weighted by atomic mass is 10.1. The highest BCUT2D eigenvalue weighted by atomic mass is 16.1. The topological polar surface area (TPSA) is 81.8 Å². The van der Waals surface area contributed by atoms with Gasteiger partial charge in [-0.1, -0.05) is 18.2 Å². The van der Waals surface area contributed by atoms with Crippen LogP contribution in [0.4, 0.5) is 0 Å². The Balaban J connectivity index is 2.21. The van der Waals surface area contributed by atoms with Gasteiger partial charge in [-0.3, -0.25) is 9.78 Å². The predicted octanol–water partition coefficient (Wildman–Crippen LogP) is 2.10. The molecular formula is C15H12N4O. The van der Waals surface area contributed by atoms with E-state index in [1.165, 1.54) is 0 Å². The summed E-state index contributed by atoms with van der Waals surface area (Å²) >= 11 is 0. The molecule has 3 aromatic rings. The number of rotatable bonds is 2. The number of benzene rings is 1. The van der Waals surface area contributed by atoms with Gasteiger partial charge in [0.1, 0.15) is 5.69 Å². The number of fused-ring (bicyclic) bond motifs is 1. The van der Waals surface area contributed by atoms with Crippen LogP contribution < -0.4 is 5.73 Å². The van der Waals surface area contributed by atoms with E-state index in [4.69, 9.17) is 5.73 Å². The molecule has 0 aliphatic heterocycles. The molecule has 1 aromatic carbocycles. The lowest BCUT2D eigenvalue weighted by molar-refractivity contribution is 0.0994. The first kappa shape index (κ1) is 12.2. The monoisotopic (exact) mass is 264 g/mol. The number of primary amides is 1. The largest absolute Gasteiger partial charge is 0.364 e. The van der Waals surface area contributed by atoms with E-state index in [9.17, 15) is 4.79 Å². The minimum Gasteiger partial charge on any atom is -0.364 e. The van der Waals surface area contributed by atoms with Crippen LogP contribution in [0.15, 0.2) is 42.7 Å². The summed E-state index contributed by atoms with van der Waals surface area (Å²) in [7, 11) is 0. The molecule has 0 bridgehead atoms. The molecule has 0 atom stereocenters. The third kappa shape index (κ3) is 1.99. The third-order valence-corrected chi connectivity index (χ3v) is 3.10. The Morgan fingerprint density at radius 2 is 2.00 bits per heavy atom. The maximum Gasteiger partial charge on any atom is 0.269 e. The zero-order chi connectivity index (χ0) is 14.1. The van der Waals surface area contributed by atoms with E-state index >= 15 is 0 Å². The molecule has 20 heavy (non-hydrogen) atoms. The van der Waals surface area contributed by atoms with E-state index in [0.29, 0.717) is 11.4 Å². The molecule has 1 amide bonds. The van der Waals surface area contributed by atoms with Gasteiger partial charge in [0.2, 0.25) is 0 Å². The van der Waals surface area contributed by atoms with Crippen molar-refractivity contribution in [2.24, 2.45) is 5.73 Å². The molecule has 0 saturated heterocycles. The van der Waals surface area contributed by atoms with Gasteiger partial charge in [-0.2, -0.15) is 0 Å². The Hall–Kier alpha value is -2.82. The van der Waals surface area contributed by atoms with Crippen molar-refractivity contribution in [3.63, 3.8) is 0 Å². The Morgan fingerprint density at radius 3 is 2.75 bits per heavy atom. The lowest BCUT2D eigenvalue weighted by Gasteiger charge is -2.07. The highest BCUT2D eigenvalue weighted by molar-refractivity contribution is 5.94. The summed E-state index contributed by atoms with van der Waals surface area (Å²) in [5, 5.41) is 0.996. The fourth-order valence-electron chi connectivity index (χ4n) is 2.18. The first-order chi connectivity index (χ1) is 9.66. The zero-order valence-electron chi connectivity index (χ0n) is 10.9. The van der Waals surface area contributed by atoms with Gasteiger partial charge in [0.25, 0.3) is 5.91 Å². The molecule has 2 aromatic heterocycles. The molecule has 0 fully saturated rings. The first-order valence-corrected chi connectivity index (χ1v) is 6.14. The summed E-state index contributed by atoms with van der Waals surface area (Å²) in [4.78, 5) is 24.0. The molecule has 3 rings (SSSR count). The summed E-state index contributed by atoms with van der Waals surface area (Å²) < 4.78 is 0. The minimum absolute atomic E-state index is 0.201. The molecule has 5 nitrogen and oxygen atoms in total. The van der Waals surface area contributed by atoms with Crippen molar-refractivity contribution in [2.45, 2.75) is 6.92 Å². The molecule has 0 saturated carbocycles. The predicted molar refractivity (Wildman–Crippen MR) is 76.0 cm³/mol. The van der Waals surface area contributed by atoms with E-state index in [0.717, 1.165) is 16.5 Å². The quantitative estimate of drug-likeness (QED) is 0.768. The van der Waals surface area contributed by atoms with Gasteiger partial charge in [0.05, 0.1) is 23.1 Å². The number of pyridine rings is 1. The normalized spacial score (nSPS) is 10.7. The summed E-state index contributed by atoms with van der Waals surface area (Å²) in [6, 6.07) is 9.68. The fourth-order valence-corrected chi connectivity index (χ4v) is 2.18. The van der Waals surface area contributed by atoms with Crippen molar-refractivity contribution >= 4 is 16.8 Å². The summed E-state index contributed by atoms with van der Waals surface area (Å²) in [5.74, 6) is -0.568. The van der Waals surface area contributed by atoms with Crippen LogP contribution in [0.1, 0.15) is 16.2 Å². The van der Waals surface area contributed by atoms with Gasteiger partial charge in [0.15, 0.2) is 0 Å². The van der Waals surface area contributed by atoms with Gasteiger partial charge in [-0.15, -0.1) is 0 Å². The van der Waals surface area contributed by atoms with Gasteiger partial charge in [0, 0.05) is 17.1 Å². The SMILES string of the molecule is Cc1nc(-c2cccc3ncccc23)cnc1C(N)=O. The van der Waals surface area contributed by atoms with Crippen LogP contribution in [0.5, 0.6) is 0 Å². The number of amides is 1. The molecule has 2 N–H and O–H groups in total. The zero-order valence-corrected chi connectivity index (χ0v) is 10.9. The Morgan fingerprint density at radius 1 is 1.15 bits per heavy atom. The lowest BCUT2D eigenvalue weighted by Crippen LogP contribution is -2.15. The van der Waals surface area contributed by atoms with E-state index in [-0.39, 0.29) is 5.69 Å². The standard InChI is InChI=1S/C15H12N4O/c1-9-14(15(16)20)18-8-13(19-9)11-4-2-6-12-10(11)5-3-7-17-12/h2-8H,1H3,(H2,16,20). The van der Waals surface area contributed by atoms with Crippen LogP contribution in [0.2, 0.25) is 0 Å². The maximum absolute atomic E-state index is 11.2.